The minimum absolute atomic E-state index is 0.562. The highest BCUT2D eigenvalue weighted by Crippen LogP contribution is 2.32. The molecule has 0 amide bonds. The fourth-order valence-corrected chi connectivity index (χ4v) is 3.33. The maximum absolute atomic E-state index is 9.87. The Balaban J connectivity index is 1.95. The molecule has 0 saturated carbocycles. The number of imidazole rings is 1. The van der Waals surface area contributed by atoms with Crippen LogP contribution in [0.3, 0.4) is 0 Å². The van der Waals surface area contributed by atoms with Gasteiger partial charge in [-0.15, -0.1) is 0 Å². The van der Waals surface area contributed by atoms with E-state index in [2.05, 4.69) is 40.3 Å². The number of rotatable bonds is 5. The standard InChI is InChI=1S/C20H20N6/c1-25(2)12-6-11-22-18-14-7-3-4-9-17(14)26-19(15(18)13-21)24-16-8-5-10-23-20(16)26/h3-5,7-10,22H,6,11-12H2,1-2H3. The van der Waals surface area contributed by atoms with Crippen LogP contribution >= 0.6 is 0 Å². The van der Waals surface area contributed by atoms with Gasteiger partial charge in [-0.1, -0.05) is 18.2 Å². The van der Waals surface area contributed by atoms with Crippen molar-refractivity contribution in [2.24, 2.45) is 0 Å². The number of nitrogens with one attached hydrogen (secondary N) is 1. The summed E-state index contributed by atoms with van der Waals surface area (Å²) in [6.45, 7) is 1.79. The number of fused-ring (bicyclic) bond motifs is 5. The van der Waals surface area contributed by atoms with E-state index in [1.807, 2.05) is 40.8 Å². The van der Waals surface area contributed by atoms with E-state index < -0.39 is 0 Å². The molecular formula is C20H20N6. The Morgan fingerprint density at radius 2 is 2.00 bits per heavy atom. The molecule has 6 nitrogen and oxygen atoms in total. The molecule has 6 heteroatoms. The molecule has 0 bridgehead atoms. The van der Waals surface area contributed by atoms with Gasteiger partial charge in [0.1, 0.15) is 17.1 Å². The summed E-state index contributed by atoms with van der Waals surface area (Å²) in [4.78, 5) is 11.3. The Morgan fingerprint density at radius 1 is 1.15 bits per heavy atom. The van der Waals surface area contributed by atoms with Gasteiger partial charge in [-0.25, -0.2) is 9.97 Å². The Hall–Kier alpha value is -3.17. The Labute approximate surface area is 151 Å². The lowest BCUT2D eigenvalue weighted by Crippen LogP contribution is -2.17. The molecule has 0 fully saturated rings. The minimum Gasteiger partial charge on any atom is -0.383 e. The number of nitrogens with zero attached hydrogens (tertiary/aromatic N) is 5. The number of pyridine rings is 2. The summed E-state index contributed by atoms with van der Waals surface area (Å²) >= 11 is 0. The third-order valence-electron chi connectivity index (χ3n) is 4.50. The van der Waals surface area contributed by atoms with E-state index in [1.165, 1.54) is 0 Å². The molecule has 130 valence electrons. The van der Waals surface area contributed by atoms with Crippen LogP contribution in [0.25, 0.3) is 27.7 Å². The van der Waals surface area contributed by atoms with Gasteiger partial charge in [0.25, 0.3) is 0 Å². The summed E-state index contributed by atoms with van der Waals surface area (Å²) in [6.07, 6.45) is 2.75. The molecule has 26 heavy (non-hydrogen) atoms. The molecule has 4 rings (SSSR count). The molecule has 4 aromatic rings. The normalized spacial score (nSPS) is 11.5. The molecule has 3 heterocycles. The van der Waals surface area contributed by atoms with Crippen LogP contribution < -0.4 is 5.32 Å². The van der Waals surface area contributed by atoms with Crippen LogP contribution in [0.1, 0.15) is 12.0 Å². The van der Waals surface area contributed by atoms with E-state index in [0.29, 0.717) is 11.2 Å². The highest BCUT2D eigenvalue weighted by Gasteiger charge is 2.18. The minimum atomic E-state index is 0.562. The Kier molecular flexibility index (Phi) is 4.15. The molecule has 0 radical (unpaired) electrons. The molecule has 0 aliphatic carbocycles. The first-order valence-corrected chi connectivity index (χ1v) is 8.67. The van der Waals surface area contributed by atoms with Gasteiger partial charge in [-0.3, -0.25) is 4.40 Å². The zero-order chi connectivity index (χ0) is 18.1. The molecule has 0 aliphatic heterocycles. The molecule has 0 saturated heterocycles. The van der Waals surface area contributed by atoms with Crippen LogP contribution in [0.4, 0.5) is 5.69 Å². The highest BCUT2D eigenvalue weighted by atomic mass is 15.1. The SMILES string of the molecule is CN(C)CCCNc1c(C#N)c2nc3cccnc3n2c2ccccc12. The van der Waals surface area contributed by atoms with Crippen molar-refractivity contribution < 1.29 is 0 Å². The zero-order valence-electron chi connectivity index (χ0n) is 14.9. The predicted octanol–water partition coefficient (Wildman–Crippen LogP) is 3.27. The van der Waals surface area contributed by atoms with Crippen molar-refractivity contribution in [1.29, 1.82) is 5.26 Å². The van der Waals surface area contributed by atoms with E-state index in [9.17, 15) is 5.26 Å². The summed E-state index contributed by atoms with van der Waals surface area (Å²) in [5.74, 6) is 0. The van der Waals surface area contributed by atoms with Gasteiger partial charge in [-0.05, 0) is 45.3 Å². The van der Waals surface area contributed by atoms with E-state index >= 15 is 0 Å². The van der Waals surface area contributed by atoms with Crippen LogP contribution in [-0.2, 0) is 0 Å². The lowest BCUT2D eigenvalue weighted by Gasteiger charge is -2.15. The summed E-state index contributed by atoms with van der Waals surface area (Å²) in [5, 5.41) is 14.4. The van der Waals surface area contributed by atoms with E-state index in [1.54, 1.807) is 6.20 Å². The van der Waals surface area contributed by atoms with E-state index in [0.717, 1.165) is 47.3 Å². The van der Waals surface area contributed by atoms with Crippen molar-refractivity contribution in [3.8, 4) is 6.07 Å². The van der Waals surface area contributed by atoms with Gasteiger partial charge in [-0.2, -0.15) is 5.26 Å². The number of hydrogen-bond acceptors (Lipinski definition) is 5. The summed E-state index contributed by atoms with van der Waals surface area (Å²) in [7, 11) is 4.12. The molecule has 1 aromatic carbocycles. The average Bonchev–Trinajstić information content (AvgIpc) is 3.04. The monoisotopic (exact) mass is 344 g/mol. The second-order valence-electron chi connectivity index (χ2n) is 6.58. The molecular weight excluding hydrogens is 324 g/mol. The Morgan fingerprint density at radius 3 is 2.81 bits per heavy atom. The number of para-hydroxylation sites is 1. The number of nitriles is 1. The average molecular weight is 344 g/mol. The highest BCUT2D eigenvalue weighted by molar-refractivity contribution is 6.01. The van der Waals surface area contributed by atoms with Crippen LogP contribution in [0.2, 0.25) is 0 Å². The number of aromatic nitrogens is 3. The molecule has 3 aromatic heterocycles. The molecule has 0 aliphatic rings. The zero-order valence-corrected chi connectivity index (χ0v) is 14.9. The van der Waals surface area contributed by atoms with Gasteiger partial charge in [0.15, 0.2) is 11.3 Å². The second kappa shape index (κ2) is 6.62. The van der Waals surface area contributed by atoms with Crippen molar-refractivity contribution in [2.75, 3.05) is 32.5 Å². The molecule has 0 atom stereocenters. The fourth-order valence-electron chi connectivity index (χ4n) is 3.33. The Bertz CT molecular complexity index is 1140. The third kappa shape index (κ3) is 2.63. The maximum Gasteiger partial charge on any atom is 0.164 e. The number of hydrogen-bond donors (Lipinski definition) is 1. The summed E-state index contributed by atoms with van der Waals surface area (Å²) in [6, 6.07) is 14.2. The van der Waals surface area contributed by atoms with Crippen LogP contribution in [0.15, 0.2) is 42.6 Å². The topological polar surface area (TPSA) is 69.2 Å². The maximum atomic E-state index is 9.87. The van der Waals surface area contributed by atoms with Gasteiger partial charge < -0.3 is 10.2 Å². The predicted molar refractivity (Wildman–Crippen MR) is 104 cm³/mol. The van der Waals surface area contributed by atoms with Crippen LogP contribution in [-0.4, -0.2) is 46.5 Å². The van der Waals surface area contributed by atoms with Crippen LogP contribution in [0.5, 0.6) is 0 Å². The molecule has 0 spiro atoms. The quantitative estimate of drug-likeness (QED) is 0.563. The van der Waals surface area contributed by atoms with Crippen molar-refractivity contribution in [3.05, 3.63) is 48.2 Å². The van der Waals surface area contributed by atoms with E-state index in [4.69, 9.17) is 0 Å². The number of anilines is 1. The van der Waals surface area contributed by atoms with Crippen molar-refractivity contribution in [2.45, 2.75) is 6.42 Å². The van der Waals surface area contributed by atoms with Gasteiger partial charge in [0, 0.05) is 18.1 Å². The van der Waals surface area contributed by atoms with Gasteiger partial charge in [0.2, 0.25) is 0 Å². The van der Waals surface area contributed by atoms with Crippen molar-refractivity contribution >= 4 is 33.4 Å². The lowest BCUT2D eigenvalue weighted by molar-refractivity contribution is 0.405. The van der Waals surface area contributed by atoms with Crippen LogP contribution in [0, 0.1) is 11.3 Å². The first-order chi connectivity index (χ1) is 12.7. The summed E-state index contributed by atoms with van der Waals surface area (Å²) < 4.78 is 1.98. The summed E-state index contributed by atoms with van der Waals surface area (Å²) in [5.41, 5.74) is 4.62. The van der Waals surface area contributed by atoms with Crippen molar-refractivity contribution in [3.63, 3.8) is 0 Å². The molecule has 1 N–H and O–H groups in total. The first-order valence-electron chi connectivity index (χ1n) is 8.67. The van der Waals surface area contributed by atoms with E-state index in [-0.39, 0.29) is 0 Å². The first kappa shape index (κ1) is 16.3. The van der Waals surface area contributed by atoms with Crippen molar-refractivity contribution in [1.82, 2.24) is 19.3 Å². The second-order valence-corrected chi connectivity index (χ2v) is 6.58. The van der Waals surface area contributed by atoms with Gasteiger partial charge in [0.05, 0.1) is 11.2 Å². The fraction of sp³-hybridized carbons (Fsp3) is 0.250. The smallest absolute Gasteiger partial charge is 0.164 e. The largest absolute Gasteiger partial charge is 0.383 e. The number of benzene rings is 1. The third-order valence-corrected chi connectivity index (χ3v) is 4.50. The molecule has 0 unspecified atom stereocenters. The lowest BCUT2D eigenvalue weighted by atomic mass is 10.1. The van der Waals surface area contributed by atoms with Gasteiger partial charge >= 0.3 is 0 Å².